The van der Waals surface area contributed by atoms with Gasteiger partial charge in [-0.15, -0.1) is 0 Å². The van der Waals surface area contributed by atoms with Crippen LogP contribution in [-0.2, 0) is 16.0 Å². The fraction of sp³-hybridized carbons (Fsp3) is 0.226. The number of esters is 1. The second kappa shape index (κ2) is 12.1. The summed E-state index contributed by atoms with van der Waals surface area (Å²) in [5.41, 5.74) is 4.79. The van der Waals surface area contributed by atoms with E-state index in [-0.39, 0.29) is 24.4 Å². The van der Waals surface area contributed by atoms with E-state index in [0.717, 1.165) is 29.1 Å². The number of aromatic nitrogens is 2. The quantitative estimate of drug-likeness (QED) is 0.217. The topological polar surface area (TPSA) is 88.5 Å². The zero-order chi connectivity index (χ0) is 28.1. The Balaban J connectivity index is 1.48. The van der Waals surface area contributed by atoms with Crippen molar-refractivity contribution in [2.75, 3.05) is 19.0 Å². The highest BCUT2D eigenvalue weighted by Crippen LogP contribution is 2.40. The molecule has 2 aromatic heterocycles. The first kappa shape index (κ1) is 27.1. The lowest BCUT2D eigenvalue weighted by Crippen LogP contribution is -2.33. The van der Waals surface area contributed by atoms with Crippen LogP contribution in [0.4, 0.5) is 5.69 Å². The van der Waals surface area contributed by atoms with Crippen LogP contribution in [0.5, 0.6) is 0 Å². The van der Waals surface area contributed by atoms with Crippen LogP contribution in [0.3, 0.4) is 0 Å². The summed E-state index contributed by atoms with van der Waals surface area (Å²) in [5.74, 6) is -0.507. The maximum atomic E-state index is 13.1. The van der Waals surface area contributed by atoms with Crippen LogP contribution in [0.25, 0.3) is 5.69 Å². The number of methoxy groups -OCH3 is 1. The molecular weight excluding hydrogens is 522 g/mol. The highest BCUT2D eigenvalue weighted by atomic mass is 32.1. The van der Waals surface area contributed by atoms with Gasteiger partial charge in [0.1, 0.15) is 0 Å². The number of anilines is 1. The van der Waals surface area contributed by atoms with Gasteiger partial charge in [-0.2, -0.15) is 0 Å². The van der Waals surface area contributed by atoms with E-state index in [1.54, 1.807) is 12.3 Å². The predicted molar refractivity (Wildman–Crippen MR) is 158 cm³/mol. The lowest BCUT2D eigenvalue weighted by atomic mass is 10.0. The predicted octanol–water partition coefficient (Wildman–Crippen LogP) is 5.22. The normalized spacial score (nSPS) is 16.4. The summed E-state index contributed by atoms with van der Waals surface area (Å²) in [6.45, 7) is 2.46. The Labute approximate surface area is 239 Å². The molecule has 1 saturated heterocycles. The minimum Gasteiger partial charge on any atom is -0.465 e. The van der Waals surface area contributed by atoms with E-state index in [0.29, 0.717) is 22.9 Å². The molecule has 4 aromatic rings. The minimum absolute atomic E-state index is 0.0878. The Bertz CT molecular complexity index is 1520. The third-order valence-corrected chi connectivity index (χ3v) is 7.45. The first-order valence-electron chi connectivity index (χ1n) is 13.2. The van der Waals surface area contributed by atoms with Gasteiger partial charge in [0.15, 0.2) is 5.11 Å². The first-order valence-corrected chi connectivity index (χ1v) is 13.6. The number of hydrogen-bond donors (Lipinski definition) is 2. The summed E-state index contributed by atoms with van der Waals surface area (Å²) in [5, 5.41) is 7.03. The molecule has 1 fully saturated rings. The van der Waals surface area contributed by atoms with Gasteiger partial charge in [-0.25, -0.2) is 4.79 Å². The Kier molecular flexibility index (Phi) is 8.21. The summed E-state index contributed by atoms with van der Waals surface area (Å²) in [7, 11) is 1.37. The van der Waals surface area contributed by atoms with Crippen LogP contribution < -0.4 is 10.6 Å². The third-order valence-electron chi connectivity index (χ3n) is 7.10. The van der Waals surface area contributed by atoms with Gasteiger partial charge in [0.2, 0.25) is 5.91 Å². The number of carbonyl (C=O) groups is 2. The van der Waals surface area contributed by atoms with Gasteiger partial charge < -0.3 is 24.8 Å². The Hall–Kier alpha value is -4.50. The van der Waals surface area contributed by atoms with Crippen molar-refractivity contribution in [3.05, 3.63) is 114 Å². The molecular formula is C31H31N5O3S. The Morgan fingerprint density at radius 1 is 1.02 bits per heavy atom. The number of pyridine rings is 1. The van der Waals surface area contributed by atoms with Crippen LogP contribution >= 0.6 is 12.2 Å². The number of amides is 1. The molecule has 1 aliphatic rings. The molecule has 0 saturated carbocycles. The van der Waals surface area contributed by atoms with Gasteiger partial charge >= 0.3 is 5.97 Å². The number of para-hydroxylation sites is 2. The van der Waals surface area contributed by atoms with Gasteiger partial charge in [-0.1, -0.05) is 43.3 Å². The number of carbonyl (C=O) groups excluding carboxylic acids is 2. The van der Waals surface area contributed by atoms with E-state index in [9.17, 15) is 9.59 Å². The Morgan fingerprint density at radius 2 is 1.80 bits per heavy atom. The largest absolute Gasteiger partial charge is 0.465 e. The molecule has 1 amide bonds. The van der Waals surface area contributed by atoms with Gasteiger partial charge in [0.05, 0.1) is 36.1 Å². The average Bonchev–Trinajstić information content (AvgIpc) is 3.60. The maximum absolute atomic E-state index is 13.1. The second-order valence-corrected chi connectivity index (χ2v) is 9.83. The fourth-order valence-corrected chi connectivity index (χ4v) is 5.51. The monoisotopic (exact) mass is 553 g/mol. The smallest absolute Gasteiger partial charge is 0.339 e. The number of benzene rings is 2. The standard InChI is InChI=1S/C31H31N5O3S/c1-3-21-11-4-6-13-23(21)33-27(37)17-20-36-29(28(34-31(36)40)24-14-8-9-18-32-24)26-16-10-19-35(26)25-15-7-5-12-22(25)30(38)39-2/h4-16,18-19,28-29H,3,17,20H2,1-2H3,(H,33,37)(H,34,40)/t28-,29-/m0/s1. The van der Waals surface area contributed by atoms with E-state index in [2.05, 4.69) is 22.5 Å². The SMILES string of the molecule is CCc1ccccc1NC(=O)CCN1C(=S)N[C@@H](c2ccccn2)[C@@H]1c1cccn1-c1ccccc1C(=O)OC. The molecule has 204 valence electrons. The molecule has 0 bridgehead atoms. The molecule has 2 atom stereocenters. The van der Waals surface area contributed by atoms with E-state index in [1.165, 1.54) is 7.11 Å². The van der Waals surface area contributed by atoms with E-state index >= 15 is 0 Å². The molecule has 5 rings (SSSR count). The van der Waals surface area contributed by atoms with Crippen LogP contribution in [0.15, 0.2) is 91.3 Å². The van der Waals surface area contributed by atoms with E-state index < -0.39 is 5.97 Å². The molecule has 3 heterocycles. The number of hydrogen-bond acceptors (Lipinski definition) is 5. The van der Waals surface area contributed by atoms with Crippen molar-refractivity contribution in [2.45, 2.75) is 31.8 Å². The summed E-state index contributed by atoms with van der Waals surface area (Å²) in [4.78, 5) is 32.3. The molecule has 0 unspecified atom stereocenters. The Morgan fingerprint density at radius 3 is 2.58 bits per heavy atom. The lowest BCUT2D eigenvalue weighted by molar-refractivity contribution is -0.116. The van der Waals surface area contributed by atoms with Gasteiger partial charge in [-0.3, -0.25) is 9.78 Å². The number of thiocarbonyl (C=S) groups is 1. The van der Waals surface area contributed by atoms with Crippen LogP contribution in [0.1, 0.15) is 52.7 Å². The van der Waals surface area contributed by atoms with Crippen molar-refractivity contribution in [3.63, 3.8) is 0 Å². The van der Waals surface area contributed by atoms with Crippen molar-refractivity contribution in [1.82, 2.24) is 19.8 Å². The second-order valence-electron chi connectivity index (χ2n) is 9.44. The highest BCUT2D eigenvalue weighted by molar-refractivity contribution is 7.80. The van der Waals surface area contributed by atoms with Gasteiger partial charge in [0.25, 0.3) is 0 Å². The molecule has 2 aromatic carbocycles. The molecule has 0 spiro atoms. The van der Waals surface area contributed by atoms with Gasteiger partial charge in [0, 0.05) is 36.7 Å². The number of rotatable bonds is 9. The third kappa shape index (κ3) is 5.46. The molecule has 40 heavy (non-hydrogen) atoms. The fourth-order valence-electron chi connectivity index (χ4n) is 5.17. The summed E-state index contributed by atoms with van der Waals surface area (Å²) < 4.78 is 7.03. The van der Waals surface area contributed by atoms with Crippen LogP contribution in [0, 0.1) is 0 Å². The zero-order valence-electron chi connectivity index (χ0n) is 22.4. The molecule has 8 nitrogen and oxygen atoms in total. The number of aryl methyl sites for hydroxylation is 1. The average molecular weight is 554 g/mol. The molecule has 1 aliphatic heterocycles. The van der Waals surface area contributed by atoms with Crippen molar-refractivity contribution in [3.8, 4) is 5.69 Å². The van der Waals surface area contributed by atoms with Crippen molar-refractivity contribution < 1.29 is 14.3 Å². The van der Waals surface area contributed by atoms with Crippen LogP contribution in [-0.4, -0.2) is 45.1 Å². The highest BCUT2D eigenvalue weighted by Gasteiger charge is 2.41. The lowest BCUT2D eigenvalue weighted by Gasteiger charge is -2.29. The van der Waals surface area contributed by atoms with Crippen LogP contribution in [0.2, 0.25) is 0 Å². The van der Waals surface area contributed by atoms with Gasteiger partial charge in [-0.05, 0) is 66.7 Å². The molecule has 0 aliphatic carbocycles. The molecule has 9 heteroatoms. The number of nitrogens with one attached hydrogen (secondary N) is 2. The number of nitrogens with zero attached hydrogens (tertiary/aromatic N) is 3. The summed E-state index contributed by atoms with van der Waals surface area (Å²) in [6, 6.07) is 24.3. The van der Waals surface area contributed by atoms with E-state index in [1.807, 2.05) is 88.5 Å². The minimum atomic E-state index is -0.419. The molecule has 0 radical (unpaired) electrons. The van der Waals surface area contributed by atoms with E-state index in [4.69, 9.17) is 17.0 Å². The summed E-state index contributed by atoms with van der Waals surface area (Å²) in [6.07, 6.45) is 4.74. The number of ether oxygens (including phenoxy) is 1. The summed E-state index contributed by atoms with van der Waals surface area (Å²) >= 11 is 5.81. The zero-order valence-corrected chi connectivity index (χ0v) is 23.2. The van der Waals surface area contributed by atoms with Crippen molar-refractivity contribution >= 4 is 34.9 Å². The molecule has 2 N–H and O–H groups in total. The maximum Gasteiger partial charge on any atom is 0.339 e. The van der Waals surface area contributed by atoms with Crippen molar-refractivity contribution in [1.29, 1.82) is 0 Å². The van der Waals surface area contributed by atoms with Crippen molar-refractivity contribution in [2.24, 2.45) is 0 Å². The first-order chi connectivity index (χ1) is 19.5.